The molecule has 0 atom stereocenters. The summed E-state index contributed by atoms with van der Waals surface area (Å²) in [4.78, 5) is 11.9. The lowest BCUT2D eigenvalue weighted by Crippen LogP contribution is -2.19. The summed E-state index contributed by atoms with van der Waals surface area (Å²) in [6, 6.07) is 11.9. The minimum Gasteiger partial charge on any atom is -0.497 e. The number of nitrogen functional groups attached to an aromatic ring is 1. The van der Waals surface area contributed by atoms with Crippen LogP contribution in [0, 0.1) is 0 Å². The third-order valence-electron chi connectivity index (χ3n) is 2.59. The summed E-state index contributed by atoms with van der Waals surface area (Å²) in [6.45, 7) is 0. The number of benzene rings is 2. The largest absolute Gasteiger partial charge is 0.497 e. The van der Waals surface area contributed by atoms with Gasteiger partial charge in [0.05, 0.1) is 12.8 Å². The zero-order chi connectivity index (χ0) is 14.5. The molecule has 0 aliphatic heterocycles. The van der Waals surface area contributed by atoms with E-state index in [1.54, 1.807) is 49.6 Å². The molecule has 0 saturated carbocycles. The quantitative estimate of drug-likeness (QED) is 0.748. The lowest BCUT2D eigenvalue weighted by Gasteiger charge is -2.10. The SMILES string of the molecule is COc1ccc(NC(=O)Nc2ccc(N)cc2Br)cc1. The number of urea groups is 1. The Morgan fingerprint density at radius 1 is 1.15 bits per heavy atom. The van der Waals surface area contributed by atoms with Crippen molar-refractivity contribution in [1.29, 1.82) is 0 Å². The van der Waals surface area contributed by atoms with Crippen LogP contribution in [0.15, 0.2) is 46.9 Å². The van der Waals surface area contributed by atoms with E-state index in [1.807, 2.05) is 0 Å². The van der Waals surface area contributed by atoms with Gasteiger partial charge in [0.25, 0.3) is 0 Å². The molecule has 0 bridgehead atoms. The first-order chi connectivity index (χ1) is 9.58. The van der Waals surface area contributed by atoms with Crippen LogP contribution >= 0.6 is 15.9 Å². The summed E-state index contributed by atoms with van der Waals surface area (Å²) in [6.07, 6.45) is 0. The molecule has 2 aromatic carbocycles. The monoisotopic (exact) mass is 335 g/mol. The van der Waals surface area contributed by atoms with Crippen molar-refractivity contribution in [3.63, 3.8) is 0 Å². The summed E-state index contributed by atoms with van der Waals surface area (Å²) in [5.74, 6) is 0.734. The highest BCUT2D eigenvalue weighted by Gasteiger charge is 2.06. The van der Waals surface area contributed by atoms with Gasteiger partial charge in [0.1, 0.15) is 5.75 Å². The average molecular weight is 336 g/mol. The number of ether oxygens (including phenoxy) is 1. The Hall–Kier alpha value is -2.21. The van der Waals surface area contributed by atoms with E-state index in [1.165, 1.54) is 0 Å². The van der Waals surface area contributed by atoms with Crippen molar-refractivity contribution in [2.45, 2.75) is 0 Å². The summed E-state index contributed by atoms with van der Waals surface area (Å²) >= 11 is 3.34. The van der Waals surface area contributed by atoms with Crippen LogP contribution in [0.1, 0.15) is 0 Å². The fraction of sp³-hybridized carbons (Fsp3) is 0.0714. The number of amides is 2. The summed E-state index contributed by atoms with van der Waals surface area (Å²) < 4.78 is 5.77. The predicted molar refractivity (Wildman–Crippen MR) is 84.2 cm³/mol. The van der Waals surface area contributed by atoms with E-state index in [2.05, 4.69) is 26.6 Å². The van der Waals surface area contributed by atoms with Crippen molar-refractivity contribution in [3.05, 3.63) is 46.9 Å². The molecule has 0 aliphatic carbocycles. The first kappa shape index (κ1) is 14.2. The van der Waals surface area contributed by atoms with E-state index in [0.29, 0.717) is 17.1 Å². The van der Waals surface area contributed by atoms with Gasteiger partial charge in [-0.3, -0.25) is 0 Å². The molecule has 0 spiro atoms. The van der Waals surface area contributed by atoms with Crippen LogP contribution in [0.2, 0.25) is 0 Å². The number of nitrogens with two attached hydrogens (primary N) is 1. The first-order valence-electron chi connectivity index (χ1n) is 5.85. The van der Waals surface area contributed by atoms with E-state index >= 15 is 0 Å². The third-order valence-corrected chi connectivity index (χ3v) is 3.25. The van der Waals surface area contributed by atoms with Crippen LogP contribution < -0.4 is 21.1 Å². The minimum absolute atomic E-state index is 0.333. The maximum Gasteiger partial charge on any atom is 0.323 e. The molecule has 0 saturated heterocycles. The summed E-state index contributed by atoms with van der Waals surface area (Å²) in [7, 11) is 1.59. The second-order valence-corrected chi connectivity index (χ2v) is 4.90. The number of nitrogens with one attached hydrogen (secondary N) is 2. The van der Waals surface area contributed by atoms with Gasteiger partial charge in [0.15, 0.2) is 0 Å². The van der Waals surface area contributed by atoms with Crippen molar-refractivity contribution in [2.24, 2.45) is 0 Å². The van der Waals surface area contributed by atoms with E-state index in [0.717, 1.165) is 10.2 Å². The van der Waals surface area contributed by atoms with Gasteiger partial charge in [-0.15, -0.1) is 0 Å². The lowest BCUT2D eigenvalue weighted by atomic mass is 10.3. The highest BCUT2D eigenvalue weighted by atomic mass is 79.9. The van der Waals surface area contributed by atoms with Crippen LogP contribution in [0.4, 0.5) is 21.9 Å². The van der Waals surface area contributed by atoms with E-state index < -0.39 is 0 Å². The number of methoxy groups -OCH3 is 1. The zero-order valence-electron chi connectivity index (χ0n) is 10.8. The summed E-state index contributed by atoms with van der Waals surface area (Å²) in [5.41, 5.74) is 7.58. The maximum absolute atomic E-state index is 11.9. The standard InChI is InChI=1S/C14H14BrN3O2/c1-20-11-5-3-10(4-6-11)17-14(19)18-13-7-2-9(16)8-12(13)15/h2-8H,16H2,1H3,(H2,17,18,19). The number of anilines is 3. The second-order valence-electron chi connectivity index (χ2n) is 4.05. The molecule has 6 heteroatoms. The first-order valence-corrected chi connectivity index (χ1v) is 6.65. The van der Waals surface area contributed by atoms with Crippen molar-refractivity contribution < 1.29 is 9.53 Å². The number of carbonyl (C=O) groups is 1. The molecule has 104 valence electrons. The van der Waals surface area contributed by atoms with Gasteiger partial charge in [-0.25, -0.2) is 4.79 Å². The normalized spacial score (nSPS) is 9.90. The molecule has 2 aromatic rings. The van der Waals surface area contributed by atoms with Gasteiger partial charge < -0.3 is 21.1 Å². The number of hydrogen-bond donors (Lipinski definition) is 3. The third kappa shape index (κ3) is 3.64. The molecule has 5 nitrogen and oxygen atoms in total. The van der Waals surface area contributed by atoms with Gasteiger partial charge in [-0.1, -0.05) is 0 Å². The van der Waals surface area contributed by atoms with Gasteiger partial charge in [-0.2, -0.15) is 0 Å². The Kier molecular flexibility index (Phi) is 4.47. The molecule has 0 heterocycles. The predicted octanol–water partition coefficient (Wildman–Crippen LogP) is 3.68. The fourth-order valence-electron chi connectivity index (χ4n) is 1.59. The number of rotatable bonds is 3. The molecule has 2 amide bonds. The van der Waals surface area contributed by atoms with E-state index in [-0.39, 0.29) is 6.03 Å². The molecular formula is C14H14BrN3O2. The Bertz CT molecular complexity index is 614. The van der Waals surface area contributed by atoms with Crippen LogP contribution in [0.5, 0.6) is 5.75 Å². The second kappa shape index (κ2) is 6.29. The Morgan fingerprint density at radius 2 is 1.85 bits per heavy atom. The van der Waals surface area contributed by atoms with E-state index in [9.17, 15) is 4.79 Å². The number of carbonyl (C=O) groups excluding carboxylic acids is 1. The van der Waals surface area contributed by atoms with Gasteiger partial charge >= 0.3 is 6.03 Å². The topological polar surface area (TPSA) is 76.4 Å². The van der Waals surface area contributed by atoms with Gasteiger partial charge in [-0.05, 0) is 58.4 Å². The molecule has 2 rings (SSSR count). The Morgan fingerprint density at radius 3 is 2.45 bits per heavy atom. The number of hydrogen-bond acceptors (Lipinski definition) is 3. The van der Waals surface area contributed by atoms with Crippen LogP contribution in [0.25, 0.3) is 0 Å². The minimum atomic E-state index is -0.333. The van der Waals surface area contributed by atoms with Gasteiger partial charge in [0.2, 0.25) is 0 Å². The maximum atomic E-state index is 11.9. The molecule has 0 unspecified atom stereocenters. The Labute approximate surface area is 125 Å². The molecule has 0 aromatic heterocycles. The molecular weight excluding hydrogens is 322 g/mol. The molecule has 4 N–H and O–H groups in total. The smallest absolute Gasteiger partial charge is 0.323 e. The fourth-order valence-corrected chi connectivity index (χ4v) is 2.09. The molecule has 0 fully saturated rings. The number of halogens is 1. The van der Waals surface area contributed by atoms with Crippen molar-refractivity contribution >= 4 is 39.0 Å². The van der Waals surface area contributed by atoms with Crippen molar-refractivity contribution in [2.75, 3.05) is 23.5 Å². The van der Waals surface area contributed by atoms with Crippen molar-refractivity contribution in [3.8, 4) is 5.75 Å². The molecule has 20 heavy (non-hydrogen) atoms. The highest BCUT2D eigenvalue weighted by Crippen LogP contribution is 2.25. The molecule has 0 aliphatic rings. The summed E-state index contributed by atoms with van der Waals surface area (Å²) in [5, 5.41) is 5.46. The van der Waals surface area contributed by atoms with E-state index in [4.69, 9.17) is 10.5 Å². The Balaban J connectivity index is 2.01. The lowest BCUT2D eigenvalue weighted by molar-refractivity contribution is 0.262. The highest BCUT2D eigenvalue weighted by molar-refractivity contribution is 9.10. The van der Waals surface area contributed by atoms with Crippen LogP contribution in [-0.4, -0.2) is 13.1 Å². The molecule has 0 radical (unpaired) electrons. The average Bonchev–Trinajstić information content (AvgIpc) is 2.43. The zero-order valence-corrected chi connectivity index (χ0v) is 12.4. The van der Waals surface area contributed by atoms with Crippen LogP contribution in [0.3, 0.4) is 0 Å². The van der Waals surface area contributed by atoms with Crippen molar-refractivity contribution in [1.82, 2.24) is 0 Å². The van der Waals surface area contributed by atoms with Gasteiger partial charge in [0, 0.05) is 15.8 Å². The van der Waals surface area contributed by atoms with Crippen LogP contribution in [-0.2, 0) is 0 Å².